The van der Waals surface area contributed by atoms with Crippen LogP contribution in [0.3, 0.4) is 0 Å². The zero-order valence-electron chi connectivity index (χ0n) is 14.3. The van der Waals surface area contributed by atoms with Crippen LogP contribution in [0.2, 0.25) is 0 Å². The van der Waals surface area contributed by atoms with Crippen molar-refractivity contribution in [1.82, 2.24) is 14.7 Å². The number of fused-ring (bicyclic) bond motifs is 1. The lowest BCUT2D eigenvalue weighted by atomic mass is 10.1. The average Bonchev–Trinajstić information content (AvgIpc) is 3.25. The van der Waals surface area contributed by atoms with E-state index in [0.717, 1.165) is 22.5 Å². The van der Waals surface area contributed by atoms with E-state index in [2.05, 4.69) is 10.3 Å². The minimum Gasteiger partial charge on any atom is -0.442 e. The zero-order chi connectivity index (χ0) is 18.1. The van der Waals surface area contributed by atoms with Crippen molar-refractivity contribution in [1.29, 1.82) is 0 Å². The summed E-state index contributed by atoms with van der Waals surface area (Å²) in [6.45, 7) is 2.18. The van der Waals surface area contributed by atoms with Gasteiger partial charge in [-0.2, -0.15) is 0 Å². The van der Waals surface area contributed by atoms with Gasteiger partial charge in [0.25, 0.3) is 0 Å². The number of rotatable bonds is 4. The quantitative estimate of drug-likeness (QED) is 0.784. The maximum atomic E-state index is 12.1. The van der Waals surface area contributed by atoms with Gasteiger partial charge < -0.3 is 14.5 Å². The summed E-state index contributed by atoms with van der Waals surface area (Å²) in [7, 11) is 0. The van der Waals surface area contributed by atoms with E-state index in [9.17, 15) is 9.59 Å². The van der Waals surface area contributed by atoms with E-state index in [1.807, 2.05) is 53.2 Å². The first-order valence-corrected chi connectivity index (χ1v) is 8.36. The Morgan fingerprint density at radius 2 is 2.00 bits per heavy atom. The van der Waals surface area contributed by atoms with Gasteiger partial charge in [0.1, 0.15) is 11.8 Å². The van der Waals surface area contributed by atoms with Crippen molar-refractivity contribution in [2.75, 3.05) is 18.0 Å². The standard InChI is InChI=1S/C19H18N4O3/c1-13(24)21-10-17-12-23(19(25)26-17)16-5-2-14(3-6-16)15-4-7-18-20-8-9-22(18)11-15/h2-9,11,17H,10,12H2,1H3,(H,21,24)/t17-/m0/s1. The topological polar surface area (TPSA) is 75.9 Å². The number of cyclic esters (lactones) is 1. The molecule has 0 saturated carbocycles. The first kappa shape index (κ1) is 16.1. The van der Waals surface area contributed by atoms with E-state index in [4.69, 9.17) is 4.74 Å². The summed E-state index contributed by atoms with van der Waals surface area (Å²) in [6, 6.07) is 11.7. The fourth-order valence-electron chi connectivity index (χ4n) is 3.02. The van der Waals surface area contributed by atoms with Crippen LogP contribution in [-0.2, 0) is 9.53 Å². The third-order valence-corrected chi connectivity index (χ3v) is 4.35. The highest BCUT2D eigenvalue weighted by Crippen LogP contribution is 2.26. The van der Waals surface area contributed by atoms with Crippen LogP contribution in [-0.4, -0.2) is 40.6 Å². The highest BCUT2D eigenvalue weighted by molar-refractivity contribution is 5.90. The normalized spacial score (nSPS) is 16.7. The van der Waals surface area contributed by atoms with Crippen LogP contribution in [0.1, 0.15) is 6.92 Å². The molecule has 1 aliphatic heterocycles. The van der Waals surface area contributed by atoms with Crippen LogP contribution >= 0.6 is 0 Å². The van der Waals surface area contributed by atoms with Crippen LogP contribution in [0.5, 0.6) is 0 Å². The minimum atomic E-state index is -0.395. The lowest BCUT2D eigenvalue weighted by Gasteiger charge is -2.14. The molecule has 3 aromatic rings. The number of nitrogens with zero attached hydrogens (tertiary/aromatic N) is 3. The molecule has 3 heterocycles. The van der Waals surface area contributed by atoms with E-state index < -0.39 is 6.09 Å². The molecule has 4 rings (SSSR count). The summed E-state index contributed by atoms with van der Waals surface area (Å²) in [4.78, 5) is 28.9. The van der Waals surface area contributed by atoms with E-state index >= 15 is 0 Å². The Morgan fingerprint density at radius 1 is 1.23 bits per heavy atom. The van der Waals surface area contributed by atoms with Crippen LogP contribution in [0, 0.1) is 0 Å². The first-order valence-electron chi connectivity index (χ1n) is 8.36. The zero-order valence-corrected chi connectivity index (χ0v) is 14.3. The third kappa shape index (κ3) is 3.11. The van der Waals surface area contributed by atoms with E-state index in [0.29, 0.717) is 13.1 Å². The molecule has 7 nitrogen and oxygen atoms in total. The fourth-order valence-corrected chi connectivity index (χ4v) is 3.02. The number of hydrogen-bond acceptors (Lipinski definition) is 4. The van der Waals surface area contributed by atoms with E-state index in [1.165, 1.54) is 6.92 Å². The molecule has 1 atom stereocenters. The molecular formula is C19H18N4O3. The number of carbonyl (C=O) groups is 2. The third-order valence-electron chi connectivity index (χ3n) is 4.35. The smallest absolute Gasteiger partial charge is 0.414 e. The molecule has 132 valence electrons. The van der Waals surface area contributed by atoms with Crippen molar-refractivity contribution in [2.45, 2.75) is 13.0 Å². The molecule has 0 bridgehead atoms. The Morgan fingerprint density at radius 3 is 2.77 bits per heavy atom. The maximum Gasteiger partial charge on any atom is 0.414 e. The van der Waals surface area contributed by atoms with Crippen molar-refractivity contribution in [2.24, 2.45) is 0 Å². The molecule has 7 heteroatoms. The van der Waals surface area contributed by atoms with Gasteiger partial charge in [-0.3, -0.25) is 9.69 Å². The summed E-state index contributed by atoms with van der Waals surface area (Å²) in [6.07, 6.45) is 4.95. The Kier molecular flexibility index (Phi) is 4.04. The lowest BCUT2D eigenvalue weighted by Crippen LogP contribution is -2.33. The molecule has 1 fully saturated rings. The highest BCUT2D eigenvalue weighted by Gasteiger charge is 2.32. The number of hydrogen-bond donors (Lipinski definition) is 1. The summed E-state index contributed by atoms with van der Waals surface area (Å²) < 4.78 is 7.26. The number of ether oxygens (including phenoxy) is 1. The van der Waals surface area contributed by atoms with Gasteiger partial charge in [0.05, 0.1) is 13.1 Å². The van der Waals surface area contributed by atoms with Crippen molar-refractivity contribution in [3.8, 4) is 11.1 Å². The predicted molar refractivity (Wildman–Crippen MR) is 96.9 cm³/mol. The van der Waals surface area contributed by atoms with Gasteiger partial charge in [-0.15, -0.1) is 0 Å². The van der Waals surface area contributed by atoms with Crippen LogP contribution < -0.4 is 10.2 Å². The number of amides is 2. The molecule has 0 aliphatic carbocycles. The Labute approximate surface area is 150 Å². The van der Waals surface area contributed by atoms with Gasteiger partial charge in [-0.05, 0) is 35.4 Å². The van der Waals surface area contributed by atoms with Crippen LogP contribution in [0.15, 0.2) is 55.0 Å². The molecule has 1 N–H and O–H groups in total. The molecular weight excluding hydrogens is 332 g/mol. The molecule has 0 unspecified atom stereocenters. The average molecular weight is 350 g/mol. The Bertz CT molecular complexity index is 964. The lowest BCUT2D eigenvalue weighted by molar-refractivity contribution is -0.119. The maximum absolute atomic E-state index is 12.1. The Hall–Kier alpha value is -3.35. The first-order chi connectivity index (χ1) is 12.6. The van der Waals surface area contributed by atoms with Crippen LogP contribution in [0.4, 0.5) is 10.5 Å². The van der Waals surface area contributed by atoms with Crippen molar-refractivity contribution >= 4 is 23.3 Å². The van der Waals surface area contributed by atoms with Gasteiger partial charge in [-0.1, -0.05) is 12.1 Å². The van der Waals surface area contributed by atoms with Gasteiger partial charge >= 0.3 is 6.09 Å². The number of aromatic nitrogens is 2. The number of carbonyl (C=O) groups excluding carboxylic acids is 2. The highest BCUT2D eigenvalue weighted by atomic mass is 16.6. The second kappa shape index (κ2) is 6.51. The minimum absolute atomic E-state index is 0.140. The molecule has 2 aromatic heterocycles. The molecule has 1 aromatic carbocycles. The number of anilines is 1. The Balaban J connectivity index is 1.50. The molecule has 2 amide bonds. The molecule has 0 radical (unpaired) electrons. The van der Waals surface area contributed by atoms with E-state index in [1.54, 1.807) is 11.1 Å². The molecule has 1 aliphatic rings. The second-order valence-electron chi connectivity index (χ2n) is 6.21. The number of imidazole rings is 1. The van der Waals surface area contributed by atoms with Gasteiger partial charge in [0.15, 0.2) is 0 Å². The second-order valence-corrected chi connectivity index (χ2v) is 6.21. The summed E-state index contributed by atoms with van der Waals surface area (Å²) in [5.74, 6) is -0.140. The molecule has 1 saturated heterocycles. The number of pyridine rings is 1. The molecule has 26 heavy (non-hydrogen) atoms. The van der Waals surface area contributed by atoms with E-state index in [-0.39, 0.29) is 12.0 Å². The van der Waals surface area contributed by atoms with Gasteiger partial charge in [0.2, 0.25) is 5.91 Å². The van der Waals surface area contributed by atoms with Crippen molar-refractivity contribution in [3.05, 3.63) is 55.0 Å². The predicted octanol–water partition coefficient (Wildman–Crippen LogP) is 2.46. The summed E-state index contributed by atoms with van der Waals surface area (Å²) in [5, 5.41) is 2.67. The van der Waals surface area contributed by atoms with Gasteiger partial charge in [0, 0.05) is 31.2 Å². The molecule has 0 spiro atoms. The number of benzene rings is 1. The summed E-state index contributed by atoms with van der Waals surface area (Å²) in [5.41, 5.74) is 3.78. The summed E-state index contributed by atoms with van der Waals surface area (Å²) >= 11 is 0. The van der Waals surface area contributed by atoms with Crippen molar-refractivity contribution < 1.29 is 14.3 Å². The SMILES string of the molecule is CC(=O)NC[C@H]1CN(c2ccc(-c3ccc4nccn4c3)cc2)C(=O)O1. The number of nitrogens with one attached hydrogen (secondary N) is 1. The van der Waals surface area contributed by atoms with Gasteiger partial charge in [-0.25, -0.2) is 9.78 Å². The fraction of sp³-hybridized carbons (Fsp3) is 0.211. The largest absolute Gasteiger partial charge is 0.442 e. The van der Waals surface area contributed by atoms with Crippen molar-refractivity contribution in [3.63, 3.8) is 0 Å². The monoisotopic (exact) mass is 350 g/mol. The van der Waals surface area contributed by atoms with Crippen LogP contribution in [0.25, 0.3) is 16.8 Å².